The Kier molecular flexibility index (Phi) is 4.18. The summed E-state index contributed by atoms with van der Waals surface area (Å²) < 4.78 is 0. The highest BCUT2D eigenvalue weighted by Crippen LogP contribution is 2.26. The van der Waals surface area contributed by atoms with Crippen molar-refractivity contribution in [2.24, 2.45) is 5.92 Å². The predicted molar refractivity (Wildman–Crippen MR) is 70.6 cm³/mol. The van der Waals surface area contributed by atoms with Crippen LogP contribution in [0.25, 0.3) is 0 Å². The van der Waals surface area contributed by atoms with Gasteiger partial charge in [0, 0.05) is 18.3 Å². The normalized spacial score (nSPS) is 23.6. The Morgan fingerprint density at radius 2 is 2.28 bits per heavy atom. The van der Waals surface area contributed by atoms with E-state index < -0.39 is 0 Å². The summed E-state index contributed by atoms with van der Waals surface area (Å²) in [5.74, 6) is 0.646. The molecule has 0 aliphatic heterocycles. The lowest BCUT2D eigenvalue weighted by atomic mass is 9.84. The molecule has 4 nitrogen and oxygen atoms in total. The molecule has 1 aromatic heterocycles. The Bertz CT molecular complexity index is 447. The number of amides is 1. The zero-order valence-electron chi connectivity index (χ0n) is 10.7. The topological polar surface area (TPSA) is 62.0 Å². The van der Waals surface area contributed by atoms with E-state index in [4.69, 9.17) is 0 Å². The molecule has 2 rings (SSSR count). The van der Waals surface area contributed by atoms with Crippen LogP contribution in [-0.2, 0) is 0 Å². The Morgan fingerprint density at radius 3 is 2.94 bits per heavy atom. The van der Waals surface area contributed by atoms with Crippen LogP contribution in [0.2, 0.25) is 0 Å². The number of H-pyrrole nitrogens is 1. The molecule has 1 saturated carbocycles. The molecule has 0 saturated heterocycles. The Hall–Kier alpha value is -1.58. The second-order valence-electron chi connectivity index (χ2n) is 5.05. The van der Waals surface area contributed by atoms with Crippen molar-refractivity contribution in [2.75, 3.05) is 0 Å². The van der Waals surface area contributed by atoms with Gasteiger partial charge in [-0.2, -0.15) is 0 Å². The van der Waals surface area contributed by atoms with Gasteiger partial charge in [-0.15, -0.1) is 0 Å². The minimum absolute atomic E-state index is 0.0898. The molecule has 1 aliphatic rings. The molecule has 0 aromatic carbocycles. The van der Waals surface area contributed by atoms with Crippen molar-refractivity contribution in [1.82, 2.24) is 10.3 Å². The first kappa shape index (κ1) is 12.9. The van der Waals surface area contributed by atoms with Crippen molar-refractivity contribution in [3.05, 3.63) is 34.2 Å². The van der Waals surface area contributed by atoms with E-state index in [1.54, 1.807) is 6.07 Å². The lowest BCUT2D eigenvalue weighted by Gasteiger charge is -2.29. The number of aromatic amines is 1. The van der Waals surface area contributed by atoms with Crippen molar-refractivity contribution >= 4 is 5.91 Å². The van der Waals surface area contributed by atoms with E-state index in [9.17, 15) is 9.59 Å². The molecule has 18 heavy (non-hydrogen) atoms. The third kappa shape index (κ3) is 3.22. The van der Waals surface area contributed by atoms with E-state index in [1.807, 2.05) is 0 Å². The van der Waals surface area contributed by atoms with Gasteiger partial charge in [-0.25, -0.2) is 0 Å². The first-order valence-corrected chi connectivity index (χ1v) is 6.68. The van der Waals surface area contributed by atoms with Crippen LogP contribution in [-0.4, -0.2) is 16.9 Å². The molecule has 1 fully saturated rings. The fraction of sp³-hybridized carbons (Fsp3) is 0.571. The highest BCUT2D eigenvalue weighted by molar-refractivity contribution is 5.93. The average molecular weight is 248 g/mol. The molecule has 2 unspecified atom stereocenters. The molecule has 1 heterocycles. The van der Waals surface area contributed by atoms with E-state index in [2.05, 4.69) is 17.2 Å². The van der Waals surface area contributed by atoms with Crippen LogP contribution in [0.15, 0.2) is 23.1 Å². The summed E-state index contributed by atoms with van der Waals surface area (Å²) in [4.78, 5) is 25.4. The van der Waals surface area contributed by atoms with E-state index in [-0.39, 0.29) is 17.5 Å². The molecular weight excluding hydrogens is 228 g/mol. The maximum atomic E-state index is 12.0. The molecule has 2 N–H and O–H groups in total. The quantitative estimate of drug-likeness (QED) is 0.860. The highest BCUT2D eigenvalue weighted by Gasteiger charge is 2.22. The minimum atomic E-state index is -0.185. The Balaban J connectivity index is 1.94. The molecule has 1 amide bonds. The average Bonchev–Trinajstić information content (AvgIpc) is 2.39. The van der Waals surface area contributed by atoms with Crippen LogP contribution < -0.4 is 10.9 Å². The van der Waals surface area contributed by atoms with Gasteiger partial charge in [-0.1, -0.05) is 26.2 Å². The van der Waals surface area contributed by atoms with Crippen LogP contribution in [0.5, 0.6) is 0 Å². The van der Waals surface area contributed by atoms with Crippen LogP contribution >= 0.6 is 0 Å². The lowest BCUT2D eigenvalue weighted by Crippen LogP contribution is -2.38. The van der Waals surface area contributed by atoms with Crippen molar-refractivity contribution in [3.8, 4) is 0 Å². The molecule has 98 valence electrons. The second kappa shape index (κ2) is 5.85. The summed E-state index contributed by atoms with van der Waals surface area (Å²) >= 11 is 0. The summed E-state index contributed by atoms with van der Waals surface area (Å²) in [6.45, 7) is 2.21. The van der Waals surface area contributed by atoms with Gasteiger partial charge in [0.25, 0.3) is 5.91 Å². The van der Waals surface area contributed by atoms with Crippen molar-refractivity contribution in [3.63, 3.8) is 0 Å². The van der Waals surface area contributed by atoms with Gasteiger partial charge in [0.2, 0.25) is 5.56 Å². The van der Waals surface area contributed by atoms with E-state index >= 15 is 0 Å². The van der Waals surface area contributed by atoms with Gasteiger partial charge in [0.1, 0.15) is 0 Å². The smallest absolute Gasteiger partial charge is 0.252 e. The van der Waals surface area contributed by atoms with Crippen LogP contribution in [0.3, 0.4) is 0 Å². The third-order valence-electron chi connectivity index (χ3n) is 3.74. The summed E-state index contributed by atoms with van der Waals surface area (Å²) in [5.41, 5.74) is 0.337. The Labute approximate surface area is 107 Å². The number of rotatable bonds is 3. The molecule has 0 spiro atoms. The van der Waals surface area contributed by atoms with E-state index in [0.717, 1.165) is 18.8 Å². The third-order valence-corrected chi connectivity index (χ3v) is 3.74. The van der Waals surface area contributed by atoms with Gasteiger partial charge < -0.3 is 10.3 Å². The summed E-state index contributed by atoms with van der Waals surface area (Å²) in [5, 5.41) is 3.06. The van der Waals surface area contributed by atoms with Gasteiger partial charge in [-0.05, 0) is 24.8 Å². The van der Waals surface area contributed by atoms with Crippen LogP contribution in [0, 0.1) is 5.92 Å². The fourth-order valence-electron chi connectivity index (χ4n) is 2.61. The lowest BCUT2D eigenvalue weighted by molar-refractivity contribution is 0.0918. The number of carbonyl (C=O) groups excluding carboxylic acids is 1. The maximum Gasteiger partial charge on any atom is 0.252 e. The van der Waals surface area contributed by atoms with Gasteiger partial charge >= 0.3 is 0 Å². The molecule has 2 atom stereocenters. The zero-order valence-corrected chi connectivity index (χ0v) is 10.7. The Morgan fingerprint density at radius 1 is 1.44 bits per heavy atom. The molecular formula is C14H20N2O2. The largest absolute Gasteiger partial charge is 0.349 e. The summed E-state index contributed by atoms with van der Waals surface area (Å²) in [6.07, 6.45) is 7.26. The second-order valence-corrected chi connectivity index (χ2v) is 5.05. The monoisotopic (exact) mass is 248 g/mol. The van der Waals surface area contributed by atoms with Gasteiger partial charge in [0.05, 0.1) is 5.56 Å². The molecule has 0 bridgehead atoms. The van der Waals surface area contributed by atoms with Crippen LogP contribution in [0.4, 0.5) is 0 Å². The molecule has 1 aromatic rings. The molecule has 1 aliphatic carbocycles. The van der Waals surface area contributed by atoms with Gasteiger partial charge in [-0.3, -0.25) is 9.59 Å². The van der Waals surface area contributed by atoms with Crippen molar-refractivity contribution < 1.29 is 4.79 Å². The van der Waals surface area contributed by atoms with E-state index in [0.29, 0.717) is 5.56 Å². The fourth-order valence-corrected chi connectivity index (χ4v) is 2.61. The highest BCUT2D eigenvalue weighted by atomic mass is 16.2. The zero-order chi connectivity index (χ0) is 13.0. The van der Waals surface area contributed by atoms with Crippen LogP contribution in [0.1, 0.15) is 49.4 Å². The van der Waals surface area contributed by atoms with Gasteiger partial charge in [0.15, 0.2) is 0 Å². The number of carbonyl (C=O) groups is 1. The summed E-state index contributed by atoms with van der Waals surface area (Å²) in [6, 6.07) is 3.22. The SMILES string of the molecule is CCC1CCCC(NC(=O)c2ccc(=O)[nH]c2)C1. The molecule has 4 heteroatoms. The molecule has 0 radical (unpaired) electrons. The number of hydrogen-bond donors (Lipinski definition) is 2. The summed E-state index contributed by atoms with van der Waals surface area (Å²) in [7, 11) is 0. The first-order valence-electron chi connectivity index (χ1n) is 6.68. The van der Waals surface area contributed by atoms with E-state index in [1.165, 1.54) is 31.5 Å². The first-order chi connectivity index (χ1) is 8.69. The maximum absolute atomic E-state index is 12.0. The predicted octanol–water partition coefficient (Wildman–Crippen LogP) is 2.07. The number of pyridine rings is 1. The van der Waals surface area contributed by atoms with Crippen molar-refractivity contribution in [1.29, 1.82) is 0 Å². The number of hydrogen-bond acceptors (Lipinski definition) is 2. The standard InChI is InChI=1S/C14H20N2O2/c1-2-10-4-3-5-12(8-10)16-14(18)11-6-7-13(17)15-9-11/h6-7,9-10,12H,2-5,8H2,1H3,(H,15,17)(H,16,18). The number of aromatic nitrogens is 1. The van der Waals surface area contributed by atoms with Crippen molar-refractivity contribution in [2.45, 2.75) is 45.1 Å². The number of nitrogens with one attached hydrogen (secondary N) is 2. The minimum Gasteiger partial charge on any atom is -0.349 e.